The highest BCUT2D eigenvalue weighted by Crippen LogP contribution is 2.32. The van der Waals surface area contributed by atoms with E-state index in [1.54, 1.807) is 18.2 Å². The van der Waals surface area contributed by atoms with E-state index >= 15 is 0 Å². The summed E-state index contributed by atoms with van der Waals surface area (Å²) in [6, 6.07) is 6.12. The molecule has 1 amide bonds. The minimum absolute atomic E-state index is 0.146. The molecule has 22 heavy (non-hydrogen) atoms. The predicted octanol–water partition coefficient (Wildman–Crippen LogP) is 1.60. The van der Waals surface area contributed by atoms with Crippen LogP contribution in [0, 0.1) is 0 Å². The Hall–Kier alpha value is -2.02. The average molecular weight is 314 g/mol. The van der Waals surface area contributed by atoms with Crippen LogP contribution in [-0.4, -0.2) is 49.9 Å². The van der Waals surface area contributed by atoms with Crippen LogP contribution in [0.4, 0.5) is 8.78 Å². The molecule has 0 unspecified atom stereocenters. The van der Waals surface area contributed by atoms with Gasteiger partial charge >= 0.3 is 11.9 Å². The van der Waals surface area contributed by atoms with Crippen molar-refractivity contribution in [2.45, 2.75) is 18.9 Å². The van der Waals surface area contributed by atoms with E-state index in [0.717, 1.165) is 0 Å². The summed E-state index contributed by atoms with van der Waals surface area (Å²) in [7, 11) is 3.04. The third-order valence-corrected chi connectivity index (χ3v) is 3.00. The SMILES string of the molecule is CCOC(=O)C(F)(F)[C@H](NCC(=O)N(C)C)c1ccccc1. The van der Waals surface area contributed by atoms with Crippen LogP contribution < -0.4 is 5.32 Å². The summed E-state index contributed by atoms with van der Waals surface area (Å²) in [5.74, 6) is -5.78. The zero-order valence-electron chi connectivity index (χ0n) is 12.8. The molecule has 0 aliphatic rings. The number of carbonyl (C=O) groups is 2. The third kappa shape index (κ3) is 4.49. The fourth-order valence-electron chi connectivity index (χ4n) is 1.79. The van der Waals surface area contributed by atoms with Crippen molar-refractivity contribution in [2.24, 2.45) is 0 Å². The highest BCUT2D eigenvalue weighted by atomic mass is 19.3. The van der Waals surface area contributed by atoms with Gasteiger partial charge in [-0.3, -0.25) is 10.1 Å². The van der Waals surface area contributed by atoms with Gasteiger partial charge in [0.25, 0.3) is 0 Å². The number of rotatable bonds is 7. The van der Waals surface area contributed by atoms with Gasteiger partial charge < -0.3 is 9.64 Å². The Kier molecular flexibility index (Phi) is 6.42. The molecular weight excluding hydrogens is 294 g/mol. The lowest BCUT2D eigenvalue weighted by molar-refractivity contribution is -0.176. The largest absolute Gasteiger partial charge is 0.462 e. The lowest BCUT2D eigenvalue weighted by Crippen LogP contribution is -2.47. The monoisotopic (exact) mass is 314 g/mol. The molecule has 5 nitrogen and oxygen atoms in total. The Morgan fingerprint density at radius 3 is 2.36 bits per heavy atom. The lowest BCUT2D eigenvalue weighted by Gasteiger charge is -2.26. The molecule has 0 aromatic heterocycles. The summed E-state index contributed by atoms with van der Waals surface area (Å²) >= 11 is 0. The highest BCUT2D eigenvalue weighted by Gasteiger charge is 2.49. The van der Waals surface area contributed by atoms with Gasteiger partial charge in [0.15, 0.2) is 0 Å². The second kappa shape index (κ2) is 7.84. The highest BCUT2D eigenvalue weighted by molar-refractivity contribution is 5.80. The van der Waals surface area contributed by atoms with Gasteiger partial charge in [0.1, 0.15) is 6.04 Å². The number of esters is 1. The Morgan fingerprint density at radius 1 is 1.27 bits per heavy atom. The van der Waals surface area contributed by atoms with Gasteiger partial charge in [-0.2, -0.15) is 8.78 Å². The molecule has 7 heteroatoms. The second-order valence-electron chi connectivity index (χ2n) is 4.86. The van der Waals surface area contributed by atoms with Crippen LogP contribution in [0.5, 0.6) is 0 Å². The van der Waals surface area contributed by atoms with Crippen LogP contribution in [0.2, 0.25) is 0 Å². The first-order chi connectivity index (χ1) is 10.3. The summed E-state index contributed by atoms with van der Waals surface area (Å²) in [6.07, 6.45) is 0. The van der Waals surface area contributed by atoms with Crippen molar-refractivity contribution in [1.82, 2.24) is 10.2 Å². The molecule has 0 heterocycles. The molecule has 1 N–H and O–H groups in total. The fraction of sp³-hybridized carbons (Fsp3) is 0.467. The van der Waals surface area contributed by atoms with Crippen molar-refractivity contribution in [3.63, 3.8) is 0 Å². The zero-order valence-corrected chi connectivity index (χ0v) is 12.8. The molecule has 122 valence electrons. The number of hydrogen-bond acceptors (Lipinski definition) is 4. The van der Waals surface area contributed by atoms with Crippen LogP contribution >= 0.6 is 0 Å². The van der Waals surface area contributed by atoms with E-state index < -0.39 is 17.9 Å². The van der Waals surface area contributed by atoms with Gasteiger partial charge in [-0.1, -0.05) is 30.3 Å². The van der Waals surface area contributed by atoms with E-state index in [1.807, 2.05) is 0 Å². The van der Waals surface area contributed by atoms with E-state index in [4.69, 9.17) is 0 Å². The van der Waals surface area contributed by atoms with E-state index in [9.17, 15) is 18.4 Å². The summed E-state index contributed by atoms with van der Waals surface area (Å²) in [5, 5.41) is 2.45. The molecule has 1 aromatic carbocycles. The number of benzene rings is 1. The van der Waals surface area contributed by atoms with Crippen LogP contribution in [-0.2, 0) is 14.3 Å². The standard InChI is InChI=1S/C15H20F2N2O3/c1-4-22-14(21)15(16,17)13(11-8-6-5-7-9-11)18-10-12(20)19(2)3/h5-9,13,18H,4,10H2,1-3H3/t13-/m1/s1. The average Bonchev–Trinajstić information content (AvgIpc) is 2.48. The quantitative estimate of drug-likeness (QED) is 0.777. The van der Waals surface area contributed by atoms with Gasteiger partial charge in [-0.05, 0) is 12.5 Å². The Morgan fingerprint density at radius 2 is 1.86 bits per heavy atom. The molecule has 0 fully saturated rings. The Balaban J connectivity index is 3.01. The number of likely N-dealkylation sites (N-methyl/N-ethyl adjacent to an activating group) is 1. The van der Waals surface area contributed by atoms with Gasteiger partial charge in [0.05, 0.1) is 13.2 Å². The molecule has 0 aliphatic carbocycles. The van der Waals surface area contributed by atoms with E-state index in [2.05, 4.69) is 10.1 Å². The molecule has 1 rings (SSSR count). The van der Waals surface area contributed by atoms with Crippen molar-refractivity contribution < 1.29 is 23.1 Å². The smallest absolute Gasteiger partial charge is 0.379 e. The Bertz CT molecular complexity index is 507. The first-order valence-corrected chi connectivity index (χ1v) is 6.84. The summed E-state index contributed by atoms with van der Waals surface area (Å²) in [5.41, 5.74) is 0.201. The van der Waals surface area contributed by atoms with Gasteiger partial charge in [-0.15, -0.1) is 0 Å². The predicted molar refractivity (Wildman–Crippen MR) is 77.5 cm³/mol. The zero-order chi connectivity index (χ0) is 16.8. The van der Waals surface area contributed by atoms with Crippen LogP contribution in [0.1, 0.15) is 18.5 Å². The number of nitrogens with one attached hydrogen (secondary N) is 1. The third-order valence-electron chi connectivity index (χ3n) is 3.00. The Labute approximate surface area is 128 Å². The number of ether oxygens (including phenoxy) is 1. The molecule has 0 saturated carbocycles. The van der Waals surface area contributed by atoms with Gasteiger partial charge in [0.2, 0.25) is 5.91 Å². The number of amides is 1. The summed E-state index contributed by atoms with van der Waals surface area (Å²) < 4.78 is 33.1. The minimum atomic E-state index is -3.79. The number of nitrogens with zero attached hydrogens (tertiary/aromatic N) is 1. The number of alkyl halides is 2. The van der Waals surface area contributed by atoms with E-state index in [0.29, 0.717) is 0 Å². The van der Waals surface area contributed by atoms with Crippen LogP contribution in [0.25, 0.3) is 0 Å². The van der Waals surface area contributed by atoms with Crippen molar-refractivity contribution in [2.75, 3.05) is 27.2 Å². The molecule has 0 aliphatic heterocycles. The van der Waals surface area contributed by atoms with Crippen molar-refractivity contribution in [1.29, 1.82) is 0 Å². The van der Waals surface area contributed by atoms with Crippen LogP contribution in [0.15, 0.2) is 30.3 Å². The van der Waals surface area contributed by atoms with Gasteiger partial charge in [-0.25, -0.2) is 4.79 Å². The maximum Gasteiger partial charge on any atom is 0.379 e. The number of halogens is 2. The van der Waals surface area contributed by atoms with Gasteiger partial charge in [0, 0.05) is 14.1 Å². The molecule has 1 atom stereocenters. The van der Waals surface area contributed by atoms with Crippen molar-refractivity contribution in [3.05, 3.63) is 35.9 Å². The lowest BCUT2D eigenvalue weighted by atomic mass is 10.0. The number of hydrogen-bond donors (Lipinski definition) is 1. The van der Waals surface area contributed by atoms with Crippen LogP contribution in [0.3, 0.4) is 0 Å². The van der Waals surface area contributed by atoms with Crippen molar-refractivity contribution in [3.8, 4) is 0 Å². The van der Waals surface area contributed by atoms with E-state index in [-0.39, 0.29) is 24.6 Å². The molecular formula is C15H20F2N2O3. The topological polar surface area (TPSA) is 58.6 Å². The molecule has 0 bridgehead atoms. The summed E-state index contributed by atoms with van der Waals surface area (Å²) in [6.45, 7) is 0.989. The summed E-state index contributed by atoms with van der Waals surface area (Å²) in [4.78, 5) is 24.4. The second-order valence-corrected chi connectivity index (χ2v) is 4.86. The normalized spacial score (nSPS) is 12.6. The first-order valence-electron chi connectivity index (χ1n) is 6.84. The number of carbonyl (C=O) groups excluding carboxylic acids is 2. The molecule has 1 aromatic rings. The van der Waals surface area contributed by atoms with E-state index in [1.165, 1.54) is 38.1 Å². The molecule has 0 saturated heterocycles. The fourth-order valence-corrected chi connectivity index (χ4v) is 1.79. The minimum Gasteiger partial charge on any atom is -0.462 e. The maximum atomic E-state index is 14.3. The maximum absolute atomic E-state index is 14.3. The molecule has 0 radical (unpaired) electrons. The van der Waals surface area contributed by atoms with Crippen molar-refractivity contribution >= 4 is 11.9 Å². The molecule has 0 spiro atoms. The first kappa shape index (κ1) is 18.0.